The van der Waals surface area contributed by atoms with Gasteiger partial charge in [0.25, 0.3) is 11.8 Å². The Bertz CT molecular complexity index is 2280. The van der Waals surface area contributed by atoms with E-state index in [1.165, 1.54) is 51.9 Å². The van der Waals surface area contributed by atoms with Crippen LogP contribution in [0.1, 0.15) is 85.1 Å². The number of thioether (sulfide) groups is 1. The highest BCUT2D eigenvalue weighted by Crippen LogP contribution is 2.38. The highest BCUT2D eigenvalue weighted by molar-refractivity contribution is 7.98. The molecule has 8 unspecified atom stereocenters. The number of imide groups is 1. The third-order valence-electron chi connectivity index (χ3n) is 13.0. The van der Waals surface area contributed by atoms with Crippen molar-refractivity contribution in [2.45, 2.75) is 140 Å². The molecular weight excluding hydrogens is 990 g/mol. The number of unbranched alkanes of at least 4 members (excludes halogenated alkanes) is 1. The topological polar surface area (TPSA) is 275 Å². The third kappa shape index (κ3) is 16.2. The van der Waals surface area contributed by atoms with Gasteiger partial charge in [0.15, 0.2) is 5.72 Å². The normalized spacial score (nSPS) is 23.7. The van der Waals surface area contributed by atoms with Crippen LogP contribution >= 0.6 is 23.4 Å². The lowest BCUT2D eigenvalue weighted by atomic mass is 9.93. The number of carbonyl (C=O) groups is 8. The molecule has 3 aliphatic heterocycles. The SMILES string of the molecule is COc1cc2cc(c1Cl)N(C)C(=O)CC(OC(=O)C(C)N(C)C(=O)C(CCSC)NC(=O)C(CCCCN)NC(=O)CCN1C(=O)C=CC1=O)C(C)(C)OC(C)C1CC(O)(NC(=O)O1)C(OC)C=CC=C(C)C2. The van der Waals surface area contributed by atoms with E-state index in [1.54, 1.807) is 45.1 Å². The second-order valence-electron chi connectivity index (χ2n) is 18.9. The summed E-state index contributed by atoms with van der Waals surface area (Å²) in [5.74, 6) is -3.80. The Morgan fingerprint density at radius 3 is 2.38 bits per heavy atom. The zero-order chi connectivity index (χ0) is 54.4. The first kappa shape index (κ1) is 60.0. The van der Waals surface area contributed by atoms with E-state index in [-0.39, 0.29) is 37.3 Å². The van der Waals surface area contributed by atoms with Gasteiger partial charge in [-0.1, -0.05) is 35.4 Å². The lowest BCUT2D eigenvalue weighted by molar-refractivity contribution is -0.203. The Hall–Kier alpha value is -5.52. The number of anilines is 1. The van der Waals surface area contributed by atoms with E-state index in [9.17, 15) is 43.5 Å². The summed E-state index contributed by atoms with van der Waals surface area (Å²) in [5.41, 5.74) is 4.14. The molecule has 0 saturated carbocycles. The van der Waals surface area contributed by atoms with Gasteiger partial charge in [0.05, 0.1) is 25.3 Å². The van der Waals surface area contributed by atoms with E-state index < -0.39 is 108 Å². The van der Waals surface area contributed by atoms with Gasteiger partial charge in [-0.3, -0.25) is 39.0 Å². The van der Waals surface area contributed by atoms with Crippen LogP contribution < -0.4 is 31.3 Å². The van der Waals surface area contributed by atoms with Crippen LogP contribution in [0.2, 0.25) is 5.02 Å². The highest BCUT2D eigenvalue weighted by atomic mass is 35.5. The highest BCUT2D eigenvalue weighted by Gasteiger charge is 2.49. The zero-order valence-electron chi connectivity index (χ0n) is 43.3. The summed E-state index contributed by atoms with van der Waals surface area (Å²) in [6.07, 6.45) is 4.48. The molecule has 3 heterocycles. The number of amides is 7. The van der Waals surface area contributed by atoms with Gasteiger partial charge in [0.2, 0.25) is 23.6 Å². The molecule has 23 heteroatoms. The maximum absolute atomic E-state index is 14.5. The van der Waals surface area contributed by atoms with Crippen molar-refractivity contribution in [1.29, 1.82) is 0 Å². The molecule has 0 aliphatic carbocycles. The summed E-state index contributed by atoms with van der Waals surface area (Å²) < 4.78 is 29.6. The van der Waals surface area contributed by atoms with Crippen LogP contribution in [0.15, 0.2) is 48.1 Å². The van der Waals surface area contributed by atoms with Crippen molar-refractivity contribution in [2.24, 2.45) is 5.73 Å². The average Bonchev–Trinajstić information content (AvgIpc) is 3.66. The molecule has 1 aromatic rings. The van der Waals surface area contributed by atoms with E-state index in [0.717, 1.165) is 33.1 Å². The molecule has 3 aliphatic rings. The molecule has 73 heavy (non-hydrogen) atoms. The number of halogens is 1. The van der Waals surface area contributed by atoms with Gasteiger partial charge in [-0.2, -0.15) is 11.8 Å². The third-order valence-corrected chi connectivity index (χ3v) is 14.0. The molecule has 1 saturated heterocycles. The molecule has 4 rings (SSSR count). The van der Waals surface area contributed by atoms with Gasteiger partial charge < -0.3 is 55.0 Å². The molecule has 404 valence electrons. The van der Waals surface area contributed by atoms with Gasteiger partial charge >= 0.3 is 12.1 Å². The molecule has 0 aromatic heterocycles. The van der Waals surface area contributed by atoms with Crippen LogP contribution in [0, 0.1) is 0 Å². The number of likely N-dealkylation sites (N-methyl/N-ethyl adjacent to an activating group) is 1. The van der Waals surface area contributed by atoms with Crippen molar-refractivity contribution in [3.05, 3.63) is 58.7 Å². The number of hydrogen-bond acceptors (Lipinski definition) is 16. The van der Waals surface area contributed by atoms with Crippen molar-refractivity contribution in [3.63, 3.8) is 0 Å². The summed E-state index contributed by atoms with van der Waals surface area (Å²) in [6.45, 7) is 8.20. The smallest absolute Gasteiger partial charge is 0.409 e. The standard InChI is InChI=1S/C50H72ClN7O14S/c1-29-14-13-16-38(69-9)50(67)28-37(70-48(66)55-50)31(3)72-49(4,5)39(27-43(62)57(7)35-25-32(24-29)26-36(68-8)44(35)51)71-47(65)30(2)56(6)46(64)34(20-23-73-10)54-45(63)33(15-11-12-21-52)53-40(59)19-22-58-41(60)17-18-42(58)61/h13-14,16-18,25-26,30-31,33-34,37-39,67H,11-12,15,19-24,27-28,52H2,1-10H3,(H,53,59)(H,54,63)(H,55,66). The number of benzene rings is 1. The Labute approximate surface area is 436 Å². The lowest BCUT2D eigenvalue weighted by Gasteiger charge is -2.44. The number of aliphatic hydroxyl groups is 1. The quantitative estimate of drug-likeness (QED) is 0.0757. The summed E-state index contributed by atoms with van der Waals surface area (Å²) in [6, 6.07) is -0.106. The number of ether oxygens (including phenoxy) is 5. The molecule has 0 radical (unpaired) electrons. The number of hydrogen-bond donors (Lipinski definition) is 5. The molecule has 21 nitrogen and oxygen atoms in total. The van der Waals surface area contributed by atoms with E-state index in [2.05, 4.69) is 16.0 Å². The first-order valence-corrected chi connectivity index (χ1v) is 25.8. The van der Waals surface area contributed by atoms with Gasteiger partial charge in [0, 0.05) is 52.7 Å². The molecule has 4 bridgehead atoms. The van der Waals surface area contributed by atoms with Crippen molar-refractivity contribution >= 4 is 76.6 Å². The number of nitrogens with two attached hydrogens (primary N) is 1. The molecule has 0 spiro atoms. The van der Waals surface area contributed by atoms with Crippen molar-refractivity contribution in [1.82, 2.24) is 25.8 Å². The summed E-state index contributed by atoms with van der Waals surface area (Å²) >= 11 is 8.24. The Balaban J connectivity index is 1.64. The van der Waals surface area contributed by atoms with Crippen LogP contribution in [-0.2, 0) is 58.9 Å². The largest absolute Gasteiger partial charge is 0.495 e. The molecular formula is C50H72ClN7O14S. The number of fused-ring (bicyclic) bond motifs is 4. The van der Waals surface area contributed by atoms with Crippen LogP contribution in [0.5, 0.6) is 5.75 Å². The monoisotopic (exact) mass is 1060 g/mol. The first-order valence-electron chi connectivity index (χ1n) is 24.1. The first-order chi connectivity index (χ1) is 34.4. The van der Waals surface area contributed by atoms with Gasteiger partial charge in [-0.15, -0.1) is 0 Å². The van der Waals surface area contributed by atoms with E-state index in [1.807, 2.05) is 19.3 Å². The number of allylic oxidation sites excluding steroid dienone is 3. The Kier molecular flexibility index (Phi) is 22.3. The minimum absolute atomic E-state index is 0.137. The number of methoxy groups -OCH3 is 2. The maximum Gasteiger partial charge on any atom is 0.409 e. The van der Waals surface area contributed by atoms with E-state index >= 15 is 0 Å². The lowest BCUT2D eigenvalue weighted by Crippen LogP contribution is -2.64. The summed E-state index contributed by atoms with van der Waals surface area (Å²) in [5, 5.41) is 19.9. The summed E-state index contributed by atoms with van der Waals surface area (Å²) in [7, 11) is 5.72. The van der Waals surface area contributed by atoms with Crippen molar-refractivity contribution < 1.29 is 67.1 Å². The number of rotatable bonds is 19. The fourth-order valence-electron chi connectivity index (χ4n) is 8.44. The van der Waals surface area contributed by atoms with Crippen LogP contribution in [0.3, 0.4) is 0 Å². The Morgan fingerprint density at radius 2 is 1.75 bits per heavy atom. The van der Waals surface area contributed by atoms with E-state index in [0.29, 0.717) is 43.0 Å². The number of esters is 1. The maximum atomic E-state index is 14.5. The molecule has 8 atom stereocenters. The van der Waals surface area contributed by atoms with Gasteiger partial charge in [0.1, 0.15) is 52.8 Å². The number of nitrogens with one attached hydrogen (secondary N) is 3. The minimum Gasteiger partial charge on any atom is -0.495 e. The minimum atomic E-state index is -1.95. The predicted molar refractivity (Wildman–Crippen MR) is 273 cm³/mol. The van der Waals surface area contributed by atoms with Crippen molar-refractivity contribution in [2.75, 3.05) is 58.3 Å². The average molecular weight is 1060 g/mol. The fourth-order valence-corrected chi connectivity index (χ4v) is 9.23. The molecule has 1 aromatic carbocycles. The molecule has 1 fully saturated rings. The van der Waals surface area contributed by atoms with Gasteiger partial charge in [-0.25, -0.2) is 9.59 Å². The number of alkyl carbamates (subject to hydrolysis) is 1. The predicted octanol–water partition coefficient (Wildman–Crippen LogP) is 3.07. The second-order valence-corrected chi connectivity index (χ2v) is 20.2. The van der Waals surface area contributed by atoms with E-state index in [4.69, 9.17) is 41.0 Å². The summed E-state index contributed by atoms with van der Waals surface area (Å²) in [4.78, 5) is 111. The van der Waals surface area contributed by atoms with Crippen LogP contribution in [-0.4, -0.2) is 170 Å². The Morgan fingerprint density at radius 1 is 1.07 bits per heavy atom. The van der Waals surface area contributed by atoms with Crippen LogP contribution in [0.25, 0.3) is 0 Å². The molecule has 6 N–H and O–H groups in total. The van der Waals surface area contributed by atoms with Gasteiger partial charge in [-0.05, 0) is 103 Å². The fraction of sp³-hybridized carbons (Fsp3) is 0.600. The number of nitrogens with zero attached hydrogens (tertiary/aromatic N) is 3. The zero-order valence-corrected chi connectivity index (χ0v) is 44.9. The van der Waals surface area contributed by atoms with Crippen LogP contribution in [0.4, 0.5) is 10.5 Å². The second kappa shape index (κ2) is 27.1. The van der Waals surface area contributed by atoms with Crippen molar-refractivity contribution in [3.8, 4) is 5.75 Å². The number of carbonyl (C=O) groups excluding carboxylic acids is 8. The molecule has 7 amide bonds.